The van der Waals surface area contributed by atoms with Gasteiger partial charge in [0.25, 0.3) is 0 Å². The van der Waals surface area contributed by atoms with E-state index >= 15 is 0 Å². The zero-order valence-electron chi connectivity index (χ0n) is 9.90. The molecule has 0 aromatic heterocycles. The molecule has 1 aromatic carbocycles. The van der Waals surface area contributed by atoms with Crippen molar-refractivity contribution >= 4 is 5.97 Å². The molecule has 1 atom stereocenters. The van der Waals surface area contributed by atoms with E-state index in [0.717, 1.165) is 11.1 Å². The molecule has 0 spiro atoms. The van der Waals surface area contributed by atoms with Gasteiger partial charge in [-0.15, -0.1) is 0 Å². The van der Waals surface area contributed by atoms with Gasteiger partial charge in [0, 0.05) is 6.54 Å². The van der Waals surface area contributed by atoms with Crippen molar-refractivity contribution in [2.24, 2.45) is 11.7 Å². The number of rotatable bonds is 5. The summed E-state index contributed by atoms with van der Waals surface area (Å²) in [5, 5.41) is 0. The van der Waals surface area contributed by atoms with Crippen molar-refractivity contribution in [3.8, 4) is 0 Å². The van der Waals surface area contributed by atoms with E-state index in [-0.39, 0.29) is 11.9 Å². The Kier molecular flexibility index (Phi) is 4.99. The first-order chi connectivity index (χ1) is 7.67. The minimum absolute atomic E-state index is 0.104. The highest BCUT2D eigenvalue weighted by Crippen LogP contribution is 2.12. The van der Waals surface area contributed by atoms with Crippen LogP contribution in [-0.2, 0) is 22.5 Å². The standard InChI is InChI=1S/C13H19NO2/c1-3-16-13(15)10(2)7-11-5-4-6-12(8-11)9-14/h4-6,8,10H,3,7,9,14H2,1-2H3/t10-/m0/s1. The molecule has 0 radical (unpaired) electrons. The predicted molar refractivity (Wildman–Crippen MR) is 63.8 cm³/mol. The maximum Gasteiger partial charge on any atom is 0.308 e. The Labute approximate surface area is 96.6 Å². The van der Waals surface area contributed by atoms with Crippen LogP contribution < -0.4 is 5.73 Å². The lowest BCUT2D eigenvalue weighted by Crippen LogP contribution is -2.17. The number of carbonyl (C=O) groups is 1. The summed E-state index contributed by atoms with van der Waals surface area (Å²) in [6.45, 7) is 4.67. The molecule has 0 amide bonds. The van der Waals surface area contributed by atoms with Gasteiger partial charge in [-0.1, -0.05) is 31.2 Å². The van der Waals surface area contributed by atoms with Crippen LogP contribution in [0.3, 0.4) is 0 Å². The van der Waals surface area contributed by atoms with E-state index in [1.165, 1.54) is 0 Å². The minimum atomic E-state index is -0.138. The summed E-state index contributed by atoms with van der Waals surface area (Å²) in [6.07, 6.45) is 0.701. The van der Waals surface area contributed by atoms with E-state index in [4.69, 9.17) is 10.5 Å². The number of carbonyl (C=O) groups excluding carboxylic acids is 1. The van der Waals surface area contributed by atoms with Gasteiger partial charge in [-0.25, -0.2) is 0 Å². The molecule has 0 saturated carbocycles. The third-order valence-corrected chi connectivity index (χ3v) is 2.46. The Morgan fingerprint density at radius 3 is 2.75 bits per heavy atom. The smallest absolute Gasteiger partial charge is 0.308 e. The Bertz CT molecular complexity index is 350. The number of hydrogen-bond donors (Lipinski definition) is 1. The SMILES string of the molecule is CCOC(=O)[C@@H](C)Cc1cccc(CN)c1. The first-order valence-corrected chi connectivity index (χ1v) is 5.62. The van der Waals surface area contributed by atoms with Gasteiger partial charge in [-0.05, 0) is 24.5 Å². The third-order valence-electron chi connectivity index (χ3n) is 2.46. The van der Waals surface area contributed by atoms with E-state index in [0.29, 0.717) is 19.6 Å². The molecule has 3 heteroatoms. The van der Waals surface area contributed by atoms with Crippen LogP contribution in [0.2, 0.25) is 0 Å². The van der Waals surface area contributed by atoms with Crippen LogP contribution in [-0.4, -0.2) is 12.6 Å². The molecular formula is C13H19NO2. The summed E-state index contributed by atoms with van der Waals surface area (Å²) in [4.78, 5) is 11.5. The highest BCUT2D eigenvalue weighted by atomic mass is 16.5. The largest absolute Gasteiger partial charge is 0.466 e. The Hall–Kier alpha value is -1.35. The lowest BCUT2D eigenvalue weighted by atomic mass is 10.00. The van der Waals surface area contributed by atoms with Crippen LogP contribution in [0, 0.1) is 5.92 Å². The fourth-order valence-corrected chi connectivity index (χ4v) is 1.61. The molecule has 1 aromatic rings. The van der Waals surface area contributed by atoms with Crippen LogP contribution in [0.1, 0.15) is 25.0 Å². The monoisotopic (exact) mass is 221 g/mol. The van der Waals surface area contributed by atoms with Crippen LogP contribution in [0.25, 0.3) is 0 Å². The topological polar surface area (TPSA) is 52.3 Å². The third kappa shape index (κ3) is 3.66. The average molecular weight is 221 g/mol. The Morgan fingerprint density at radius 2 is 2.12 bits per heavy atom. The van der Waals surface area contributed by atoms with Crippen LogP contribution in [0.5, 0.6) is 0 Å². The van der Waals surface area contributed by atoms with Gasteiger partial charge in [0.2, 0.25) is 0 Å². The second-order valence-electron chi connectivity index (χ2n) is 3.88. The van der Waals surface area contributed by atoms with Crippen molar-refractivity contribution in [1.82, 2.24) is 0 Å². The average Bonchev–Trinajstić information content (AvgIpc) is 2.29. The van der Waals surface area contributed by atoms with E-state index in [1.54, 1.807) is 0 Å². The minimum Gasteiger partial charge on any atom is -0.466 e. The summed E-state index contributed by atoms with van der Waals surface area (Å²) in [6, 6.07) is 8.00. The van der Waals surface area contributed by atoms with Gasteiger partial charge in [-0.3, -0.25) is 4.79 Å². The molecule has 0 saturated heterocycles. The number of benzene rings is 1. The quantitative estimate of drug-likeness (QED) is 0.772. The van der Waals surface area contributed by atoms with E-state index in [1.807, 2.05) is 38.1 Å². The summed E-state index contributed by atoms with van der Waals surface area (Å²) in [5.74, 6) is -0.242. The van der Waals surface area contributed by atoms with Crippen molar-refractivity contribution < 1.29 is 9.53 Å². The lowest BCUT2D eigenvalue weighted by molar-refractivity contribution is -0.147. The molecule has 0 heterocycles. The van der Waals surface area contributed by atoms with Crippen molar-refractivity contribution in [3.05, 3.63) is 35.4 Å². The maximum absolute atomic E-state index is 11.5. The van der Waals surface area contributed by atoms with Gasteiger partial charge in [-0.2, -0.15) is 0 Å². The first-order valence-electron chi connectivity index (χ1n) is 5.62. The highest BCUT2D eigenvalue weighted by Gasteiger charge is 2.14. The lowest BCUT2D eigenvalue weighted by Gasteiger charge is -2.10. The molecule has 88 valence electrons. The fourth-order valence-electron chi connectivity index (χ4n) is 1.61. The van der Waals surface area contributed by atoms with Gasteiger partial charge in [0.1, 0.15) is 0 Å². The van der Waals surface area contributed by atoms with Crippen LogP contribution in [0.15, 0.2) is 24.3 Å². The second-order valence-corrected chi connectivity index (χ2v) is 3.88. The number of ether oxygens (including phenoxy) is 1. The summed E-state index contributed by atoms with van der Waals surface area (Å²) >= 11 is 0. The number of esters is 1. The van der Waals surface area contributed by atoms with Gasteiger partial charge in [0.05, 0.1) is 12.5 Å². The maximum atomic E-state index is 11.5. The molecule has 2 N–H and O–H groups in total. The molecule has 16 heavy (non-hydrogen) atoms. The zero-order chi connectivity index (χ0) is 12.0. The molecule has 0 bridgehead atoms. The first kappa shape index (κ1) is 12.7. The summed E-state index contributed by atoms with van der Waals surface area (Å²) in [5.41, 5.74) is 7.78. The van der Waals surface area contributed by atoms with E-state index < -0.39 is 0 Å². The Balaban J connectivity index is 2.61. The van der Waals surface area contributed by atoms with Crippen molar-refractivity contribution in [2.75, 3.05) is 6.61 Å². The number of nitrogens with two attached hydrogens (primary N) is 1. The van der Waals surface area contributed by atoms with Crippen molar-refractivity contribution in [3.63, 3.8) is 0 Å². The molecular weight excluding hydrogens is 202 g/mol. The van der Waals surface area contributed by atoms with Gasteiger partial charge >= 0.3 is 5.97 Å². The second kappa shape index (κ2) is 6.28. The molecule has 1 rings (SSSR count). The molecule has 0 aliphatic carbocycles. The summed E-state index contributed by atoms with van der Waals surface area (Å²) in [7, 11) is 0. The molecule has 3 nitrogen and oxygen atoms in total. The van der Waals surface area contributed by atoms with Gasteiger partial charge < -0.3 is 10.5 Å². The zero-order valence-corrected chi connectivity index (χ0v) is 9.90. The fraction of sp³-hybridized carbons (Fsp3) is 0.462. The van der Waals surface area contributed by atoms with Gasteiger partial charge in [0.15, 0.2) is 0 Å². The molecule has 0 unspecified atom stereocenters. The van der Waals surface area contributed by atoms with Crippen LogP contribution >= 0.6 is 0 Å². The van der Waals surface area contributed by atoms with Crippen molar-refractivity contribution in [2.45, 2.75) is 26.8 Å². The molecule has 0 fully saturated rings. The number of hydrogen-bond acceptors (Lipinski definition) is 3. The van der Waals surface area contributed by atoms with E-state index in [2.05, 4.69) is 0 Å². The molecule has 0 aliphatic rings. The Morgan fingerprint density at radius 1 is 1.44 bits per heavy atom. The summed E-state index contributed by atoms with van der Waals surface area (Å²) < 4.78 is 4.97. The highest BCUT2D eigenvalue weighted by molar-refractivity contribution is 5.72. The van der Waals surface area contributed by atoms with Crippen LogP contribution in [0.4, 0.5) is 0 Å². The predicted octanol–water partition coefficient (Wildman–Crippen LogP) is 1.89. The normalized spacial score (nSPS) is 12.2. The van der Waals surface area contributed by atoms with E-state index in [9.17, 15) is 4.79 Å². The van der Waals surface area contributed by atoms with Crippen molar-refractivity contribution in [1.29, 1.82) is 0 Å². The molecule has 0 aliphatic heterocycles.